The van der Waals surface area contributed by atoms with Crippen molar-refractivity contribution in [2.45, 2.75) is 20.3 Å². The van der Waals surface area contributed by atoms with E-state index < -0.39 is 0 Å². The minimum atomic E-state index is -0.0318. The second-order valence-corrected chi connectivity index (χ2v) is 6.24. The topological polar surface area (TPSA) is 53.8 Å². The van der Waals surface area contributed by atoms with Crippen molar-refractivity contribution in [1.29, 1.82) is 0 Å². The summed E-state index contributed by atoms with van der Waals surface area (Å²) in [6.45, 7) is 4.08. The van der Waals surface area contributed by atoms with Crippen LogP contribution in [0, 0.1) is 13.8 Å². The van der Waals surface area contributed by atoms with Gasteiger partial charge in [-0.15, -0.1) is 0 Å². The Morgan fingerprint density at radius 3 is 2.15 bits per heavy atom. The molecule has 4 heteroatoms. The Morgan fingerprint density at radius 2 is 1.50 bits per heavy atom. The first-order chi connectivity index (χ1) is 12.6. The number of hydrogen-bond donors (Lipinski definition) is 1. The van der Waals surface area contributed by atoms with Gasteiger partial charge in [0, 0.05) is 5.69 Å². The number of nitrogens with one attached hydrogen (secondary N) is 1. The minimum absolute atomic E-state index is 0.0318. The second kappa shape index (κ2) is 8.21. The summed E-state index contributed by atoms with van der Waals surface area (Å²) in [5.41, 5.74) is 5.67. The van der Waals surface area contributed by atoms with E-state index in [-0.39, 0.29) is 5.91 Å². The molecule has 0 fully saturated rings. The Morgan fingerprint density at radius 1 is 0.846 bits per heavy atom. The molecule has 0 saturated heterocycles. The molecule has 1 amide bonds. The van der Waals surface area contributed by atoms with Gasteiger partial charge in [0.15, 0.2) is 0 Å². The Kier molecular flexibility index (Phi) is 5.54. The standard InChI is InChI=1S/C22H21N3O/c1-16-8-9-18(17(2)14-16)15-22(26)23-19-10-12-21(13-11-19)25-24-20-6-4-3-5-7-20/h3-14H,15H2,1-2H3,(H,23,26). The minimum Gasteiger partial charge on any atom is -0.326 e. The number of hydrogen-bond acceptors (Lipinski definition) is 3. The number of carbonyl (C=O) groups excluding carboxylic acids is 1. The molecule has 0 heterocycles. The first-order valence-corrected chi connectivity index (χ1v) is 8.53. The van der Waals surface area contributed by atoms with Crippen molar-refractivity contribution >= 4 is 23.0 Å². The van der Waals surface area contributed by atoms with Crippen molar-refractivity contribution in [3.63, 3.8) is 0 Å². The van der Waals surface area contributed by atoms with E-state index in [1.165, 1.54) is 5.56 Å². The average Bonchev–Trinajstić information content (AvgIpc) is 2.64. The molecule has 1 N–H and O–H groups in total. The van der Waals surface area contributed by atoms with Gasteiger partial charge in [-0.1, -0.05) is 42.0 Å². The molecule has 3 rings (SSSR count). The molecule has 0 aromatic heterocycles. The highest BCUT2D eigenvalue weighted by atomic mass is 16.1. The SMILES string of the molecule is Cc1ccc(CC(=O)Nc2ccc(N=Nc3ccccc3)cc2)c(C)c1. The quantitative estimate of drug-likeness (QED) is 0.576. The van der Waals surface area contributed by atoms with Crippen molar-refractivity contribution in [1.82, 2.24) is 0 Å². The number of anilines is 1. The molecule has 0 saturated carbocycles. The van der Waals surface area contributed by atoms with Gasteiger partial charge in [-0.2, -0.15) is 10.2 Å². The van der Waals surface area contributed by atoms with Gasteiger partial charge in [0.25, 0.3) is 0 Å². The van der Waals surface area contributed by atoms with E-state index >= 15 is 0 Å². The van der Waals surface area contributed by atoms with Crippen LogP contribution in [-0.4, -0.2) is 5.91 Å². The average molecular weight is 343 g/mol. The lowest BCUT2D eigenvalue weighted by atomic mass is 10.0. The van der Waals surface area contributed by atoms with Crippen LogP contribution < -0.4 is 5.32 Å². The molecular weight excluding hydrogens is 322 g/mol. The van der Waals surface area contributed by atoms with Gasteiger partial charge in [-0.05, 0) is 61.4 Å². The molecule has 0 unspecified atom stereocenters. The smallest absolute Gasteiger partial charge is 0.228 e. The Bertz CT molecular complexity index is 916. The van der Waals surface area contributed by atoms with Crippen molar-refractivity contribution in [2.75, 3.05) is 5.32 Å². The second-order valence-electron chi connectivity index (χ2n) is 6.24. The van der Waals surface area contributed by atoms with Crippen LogP contribution in [0.15, 0.2) is 83.0 Å². The first kappa shape index (κ1) is 17.5. The zero-order chi connectivity index (χ0) is 18.4. The molecule has 3 aromatic rings. The van der Waals surface area contributed by atoms with Crippen molar-refractivity contribution < 1.29 is 4.79 Å². The van der Waals surface area contributed by atoms with Gasteiger partial charge in [0.1, 0.15) is 0 Å². The predicted octanol–water partition coefficient (Wildman–Crippen LogP) is 5.90. The van der Waals surface area contributed by atoms with Crippen LogP contribution in [0.1, 0.15) is 16.7 Å². The molecule has 0 spiro atoms. The van der Waals surface area contributed by atoms with Gasteiger partial charge >= 0.3 is 0 Å². The summed E-state index contributed by atoms with van der Waals surface area (Å²) in [5.74, 6) is -0.0318. The molecule has 26 heavy (non-hydrogen) atoms. The van der Waals surface area contributed by atoms with Gasteiger partial charge in [-0.3, -0.25) is 4.79 Å². The molecule has 0 bridgehead atoms. The summed E-state index contributed by atoms with van der Waals surface area (Å²) in [4.78, 5) is 12.3. The van der Waals surface area contributed by atoms with Gasteiger partial charge in [-0.25, -0.2) is 0 Å². The van der Waals surface area contributed by atoms with Crippen molar-refractivity contribution in [3.8, 4) is 0 Å². The van der Waals surface area contributed by atoms with E-state index in [0.717, 1.165) is 28.2 Å². The Balaban J connectivity index is 1.60. The molecule has 4 nitrogen and oxygen atoms in total. The zero-order valence-electron chi connectivity index (χ0n) is 14.9. The van der Waals surface area contributed by atoms with Crippen LogP contribution in [-0.2, 0) is 11.2 Å². The maximum atomic E-state index is 12.3. The van der Waals surface area contributed by atoms with E-state index in [1.807, 2.05) is 80.6 Å². The predicted molar refractivity (Wildman–Crippen MR) is 105 cm³/mol. The third kappa shape index (κ3) is 4.86. The van der Waals surface area contributed by atoms with E-state index in [4.69, 9.17) is 0 Å². The maximum absolute atomic E-state index is 12.3. The number of carbonyl (C=O) groups is 1. The molecular formula is C22H21N3O. The summed E-state index contributed by atoms with van der Waals surface area (Å²) in [5, 5.41) is 11.3. The van der Waals surface area contributed by atoms with E-state index in [9.17, 15) is 4.79 Å². The van der Waals surface area contributed by atoms with Crippen LogP contribution in [0.25, 0.3) is 0 Å². The lowest BCUT2D eigenvalue weighted by Gasteiger charge is -2.08. The van der Waals surface area contributed by atoms with Crippen LogP contribution in [0.2, 0.25) is 0 Å². The Hall–Kier alpha value is -3.27. The third-order valence-corrected chi connectivity index (χ3v) is 4.04. The monoisotopic (exact) mass is 343 g/mol. The number of rotatable bonds is 5. The molecule has 0 aliphatic rings. The number of benzene rings is 3. The van der Waals surface area contributed by atoms with E-state index in [0.29, 0.717) is 6.42 Å². The highest BCUT2D eigenvalue weighted by molar-refractivity contribution is 5.92. The van der Waals surface area contributed by atoms with Crippen LogP contribution in [0.3, 0.4) is 0 Å². The fourth-order valence-corrected chi connectivity index (χ4v) is 2.64. The normalized spacial score (nSPS) is 10.8. The van der Waals surface area contributed by atoms with E-state index in [2.05, 4.69) is 21.6 Å². The van der Waals surface area contributed by atoms with Crippen LogP contribution in [0.4, 0.5) is 17.1 Å². The molecule has 0 aliphatic carbocycles. The van der Waals surface area contributed by atoms with Gasteiger partial charge in [0.05, 0.1) is 17.8 Å². The molecule has 0 aliphatic heterocycles. The zero-order valence-corrected chi connectivity index (χ0v) is 14.9. The Labute approximate surface area is 153 Å². The first-order valence-electron chi connectivity index (χ1n) is 8.53. The lowest BCUT2D eigenvalue weighted by molar-refractivity contribution is -0.115. The largest absolute Gasteiger partial charge is 0.326 e. The fourth-order valence-electron chi connectivity index (χ4n) is 2.64. The molecule has 0 radical (unpaired) electrons. The number of nitrogens with zero attached hydrogens (tertiary/aromatic N) is 2. The molecule has 130 valence electrons. The molecule has 3 aromatic carbocycles. The number of amides is 1. The fraction of sp³-hybridized carbons (Fsp3) is 0.136. The van der Waals surface area contributed by atoms with Crippen LogP contribution in [0.5, 0.6) is 0 Å². The van der Waals surface area contributed by atoms with Gasteiger partial charge in [0.2, 0.25) is 5.91 Å². The van der Waals surface area contributed by atoms with Gasteiger partial charge < -0.3 is 5.32 Å². The number of aryl methyl sites for hydroxylation is 2. The summed E-state index contributed by atoms with van der Waals surface area (Å²) in [6, 6.07) is 23.0. The number of azo groups is 1. The third-order valence-electron chi connectivity index (χ3n) is 4.04. The molecule has 0 atom stereocenters. The summed E-state index contributed by atoms with van der Waals surface area (Å²) in [6.07, 6.45) is 0.363. The summed E-state index contributed by atoms with van der Waals surface area (Å²) >= 11 is 0. The van der Waals surface area contributed by atoms with Crippen molar-refractivity contribution in [2.24, 2.45) is 10.2 Å². The summed E-state index contributed by atoms with van der Waals surface area (Å²) in [7, 11) is 0. The summed E-state index contributed by atoms with van der Waals surface area (Å²) < 4.78 is 0. The lowest BCUT2D eigenvalue weighted by Crippen LogP contribution is -2.14. The highest BCUT2D eigenvalue weighted by Crippen LogP contribution is 2.20. The van der Waals surface area contributed by atoms with E-state index in [1.54, 1.807) is 0 Å². The van der Waals surface area contributed by atoms with Crippen molar-refractivity contribution in [3.05, 3.63) is 89.5 Å². The maximum Gasteiger partial charge on any atom is 0.228 e. The highest BCUT2D eigenvalue weighted by Gasteiger charge is 2.06. The van der Waals surface area contributed by atoms with Crippen LogP contribution >= 0.6 is 0 Å².